The van der Waals surface area contributed by atoms with Gasteiger partial charge in [0.15, 0.2) is 5.82 Å². The molecule has 0 spiro atoms. The number of aromatic nitrogens is 2. The van der Waals surface area contributed by atoms with Gasteiger partial charge in [-0.05, 0) is 26.7 Å². The van der Waals surface area contributed by atoms with Crippen LogP contribution in [0.3, 0.4) is 0 Å². The van der Waals surface area contributed by atoms with Crippen molar-refractivity contribution in [1.82, 2.24) is 15.2 Å². The molecule has 6 heteroatoms. The number of rotatable bonds is 3. The van der Waals surface area contributed by atoms with Crippen LogP contribution in [0.15, 0.2) is 17.3 Å². The Morgan fingerprint density at radius 2 is 2.22 bits per heavy atom. The van der Waals surface area contributed by atoms with Crippen molar-refractivity contribution in [3.05, 3.63) is 12.3 Å². The molecular weight excluding hydrogens is 228 g/mol. The van der Waals surface area contributed by atoms with Crippen LogP contribution < -0.4 is 16.6 Å². The molecule has 0 aliphatic heterocycles. The Kier molecular flexibility index (Phi) is 4.19. The highest BCUT2D eigenvalue weighted by molar-refractivity contribution is 5.92. The summed E-state index contributed by atoms with van der Waals surface area (Å²) in [6.07, 6.45) is 6.75. The molecule has 1 heterocycles. The van der Waals surface area contributed by atoms with Crippen LogP contribution in [-0.4, -0.2) is 21.8 Å². The van der Waals surface area contributed by atoms with Crippen molar-refractivity contribution in [1.29, 1.82) is 0 Å². The fourth-order valence-electron chi connectivity index (χ4n) is 2.14. The van der Waals surface area contributed by atoms with Gasteiger partial charge < -0.3 is 5.32 Å². The number of aliphatic imine (C=N–C) groups is 1. The standard InChI is InChI=1S/C12H22N6/c1-9(2)18-8-7-11(17-18)15-12(16-13)14-10-5-3-4-6-10/h7-10H,3-6,13H2,1-2H3,(H2,14,15,16,17). The second-order valence-electron chi connectivity index (χ2n) is 4.96. The van der Waals surface area contributed by atoms with Gasteiger partial charge in [0.2, 0.25) is 5.96 Å². The average Bonchev–Trinajstić information content (AvgIpc) is 2.99. The first-order valence-electron chi connectivity index (χ1n) is 6.55. The molecule has 0 bridgehead atoms. The van der Waals surface area contributed by atoms with E-state index in [0.717, 1.165) is 18.7 Å². The van der Waals surface area contributed by atoms with Crippen molar-refractivity contribution in [2.75, 3.05) is 5.32 Å². The van der Waals surface area contributed by atoms with E-state index in [2.05, 4.69) is 34.7 Å². The normalized spacial score (nSPS) is 17.4. The first-order chi connectivity index (χ1) is 8.69. The summed E-state index contributed by atoms with van der Waals surface area (Å²) in [6.45, 7) is 4.18. The Balaban J connectivity index is 2.00. The molecular formula is C12H22N6. The third-order valence-electron chi connectivity index (χ3n) is 3.16. The fourth-order valence-corrected chi connectivity index (χ4v) is 2.14. The maximum Gasteiger partial charge on any atom is 0.211 e. The lowest BCUT2D eigenvalue weighted by Gasteiger charge is -2.10. The SMILES string of the molecule is CC(C)n1ccc(NC(=NC2CCCC2)NN)n1. The molecule has 0 aromatic carbocycles. The van der Waals surface area contributed by atoms with E-state index in [1.807, 2.05) is 16.9 Å². The summed E-state index contributed by atoms with van der Waals surface area (Å²) in [7, 11) is 0. The Labute approximate surface area is 108 Å². The molecule has 1 aliphatic rings. The van der Waals surface area contributed by atoms with Crippen LogP contribution in [0.2, 0.25) is 0 Å². The molecule has 6 nitrogen and oxygen atoms in total. The van der Waals surface area contributed by atoms with E-state index >= 15 is 0 Å². The van der Waals surface area contributed by atoms with Crippen molar-refractivity contribution in [2.24, 2.45) is 10.8 Å². The van der Waals surface area contributed by atoms with Gasteiger partial charge in [0.1, 0.15) is 0 Å². The zero-order valence-corrected chi connectivity index (χ0v) is 11.1. The summed E-state index contributed by atoms with van der Waals surface area (Å²) >= 11 is 0. The van der Waals surface area contributed by atoms with E-state index in [1.54, 1.807) is 0 Å². The molecule has 1 fully saturated rings. The van der Waals surface area contributed by atoms with E-state index in [9.17, 15) is 0 Å². The molecule has 18 heavy (non-hydrogen) atoms. The lowest BCUT2D eigenvalue weighted by atomic mass is 10.3. The summed E-state index contributed by atoms with van der Waals surface area (Å²) in [4.78, 5) is 4.56. The third-order valence-corrected chi connectivity index (χ3v) is 3.16. The molecule has 100 valence electrons. The summed E-state index contributed by atoms with van der Waals surface area (Å²) in [5, 5.41) is 7.51. The molecule has 0 amide bonds. The van der Waals surface area contributed by atoms with Gasteiger partial charge in [-0.15, -0.1) is 0 Å². The van der Waals surface area contributed by atoms with Gasteiger partial charge in [0.25, 0.3) is 0 Å². The quantitative estimate of drug-likeness (QED) is 0.330. The van der Waals surface area contributed by atoms with Crippen molar-refractivity contribution in [3.63, 3.8) is 0 Å². The summed E-state index contributed by atoms with van der Waals surface area (Å²) in [5.41, 5.74) is 2.61. The van der Waals surface area contributed by atoms with Crippen LogP contribution in [0.25, 0.3) is 0 Å². The molecule has 1 aromatic rings. The van der Waals surface area contributed by atoms with Crippen molar-refractivity contribution >= 4 is 11.8 Å². The largest absolute Gasteiger partial charge is 0.308 e. The minimum absolute atomic E-state index is 0.349. The van der Waals surface area contributed by atoms with Crippen LogP contribution in [0, 0.1) is 0 Å². The number of guanidine groups is 1. The maximum absolute atomic E-state index is 5.49. The van der Waals surface area contributed by atoms with Crippen LogP contribution >= 0.6 is 0 Å². The number of hydrazine groups is 1. The minimum atomic E-state index is 0.349. The second-order valence-corrected chi connectivity index (χ2v) is 4.96. The molecule has 1 aromatic heterocycles. The van der Waals surface area contributed by atoms with Crippen LogP contribution in [0.5, 0.6) is 0 Å². The summed E-state index contributed by atoms with van der Waals surface area (Å²) in [5.74, 6) is 6.84. The monoisotopic (exact) mass is 250 g/mol. The number of hydrogen-bond donors (Lipinski definition) is 3. The zero-order chi connectivity index (χ0) is 13.0. The molecule has 1 saturated carbocycles. The minimum Gasteiger partial charge on any atom is -0.308 e. The highest BCUT2D eigenvalue weighted by atomic mass is 15.4. The van der Waals surface area contributed by atoms with Crippen LogP contribution in [-0.2, 0) is 0 Å². The predicted molar refractivity (Wildman–Crippen MR) is 73.2 cm³/mol. The smallest absolute Gasteiger partial charge is 0.211 e. The Morgan fingerprint density at radius 3 is 2.78 bits per heavy atom. The Morgan fingerprint density at radius 1 is 1.50 bits per heavy atom. The molecule has 1 aliphatic carbocycles. The van der Waals surface area contributed by atoms with Crippen molar-refractivity contribution in [2.45, 2.75) is 51.6 Å². The Bertz CT molecular complexity index is 402. The number of nitrogens with two attached hydrogens (primary N) is 1. The first kappa shape index (κ1) is 12.9. The zero-order valence-electron chi connectivity index (χ0n) is 11.1. The average molecular weight is 250 g/mol. The summed E-state index contributed by atoms with van der Waals surface area (Å²) in [6, 6.07) is 2.65. The van der Waals surface area contributed by atoms with Gasteiger partial charge in [0.05, 0.1) is 6.04 Å². The van der Waals surface area contributed by atoms with Gasteiger partial charge in [-0.25, -0.2) is 10.8 Å². The molecule has 0 unspecified atom stereocenters. The van der Waals surface area contributed by atoms with Gasteiger partial charge in [0, 0.05) is 18.3 Å². The third kappa shape index (κ3) is 3.22. The molecule has 0 atom stereocenters. The van der Waals surface area contributed by atoms with E-state index < -0.39 is 0 Å². The Hall–Kier alpha value is -1.56. The molecule has 2 rings (SSSR count). The lowest BCUT2D eigenvalue weighted by Crippen LogP contribution is -2.37. The second kappa shape index (κ2) is 5.86. The van der Waals surface area contributed by atoms with Gasteiger partial charge in [-0.1, -0.05) is 12.8 Å². The molecule has 0 saturated heterocycles. The maximum atomic E-state index is 5.49. The van der Waals surface area contributed by atoms with Crippen LogP contribution in [0.1, 0.15) is 45.6 Å². The topological polar surface area (TPSA) is 80.3 Å². The van der Waals surface area contributed by atoms with E-state index in [0.29, 0.717) is 18.0 Å². The highest BCUT2D eigenvalue weighted by Gasteiger charge is 2.14. The van der Waals surface area contributed by atoms with Crippen molar-refractivity contribution < 1.29 is 0 Å². The number of nitrogens with zero attached hydrogens (tertiary/aromatic N) is 3. The number of anilines is 1. The predicted octanol–water partition coefficient (Wildman–Crippen LogP) is 1.64. The fraction of sp³-hybridized carbons (Fsp3) is 0.667. The first-order valence-corrected chi connectivity index (χ1v) is 6.55. The van der Waals surface area contributed by atoms with Crippen molar-refractivity contribution in [3.8, 4) is 0 Å². The number of nitrogens with one attached hydrogen (secondary N) is 2. The van der Waals surface area contributed by atoms with E-state index in [4.69, 9.17) is 5.84 Å². The van der Waals surface area contributed by atoms with Gasteiger partial charge >= 0.3 is 0 Å². The summed E-state index contributed by atoms with van der Waals surface area (Å²) < 4.78 is 1.89. The van der Waals surface area contributed by atoms with E-state index in [-0.39, 0.29) is 0 Å². The highest BCUT2D eigenvalue weighted by Crippen LogP contribution is 2.21. The van der Waals surface area contributed by atoms with Crippen LogP contribution in [0.4, 0.5) is 5.82 Å². The van der Waals surface area contributed by atoms with Gasteiger partial charge in [-0.2, -0.15) is 5.10 Å². The molecule has 0 radical (unpaired) electrons. The molecule has 4 N–H and O–H groups in total. The van der Waals surface area contributed by atoms with Gasteiger partial charge in [-0.3, -0.25) is 10.1 Å². The number of hydrogen-bond acceptors (Lipinski definition) is 3. The lowest BCUT2D eigenvalue weighted by molar-refractivity contribution is 0.534. The van der Waals surface area contributed by atoms with E-state index in [1.165, 1.54) is 12.8 Å².